The molecule has 1 aromatic carbocycles. The number of methoxy groups -OCH3 is 1. The van der Waals surface area contributed by atoms with Gasteiger partial charge in [-0.15, -0.1) is 0 Å². The van der Waals surface area contributed by atoms with Gasteiger partial charge in [-0.25, -0.2) is 4.39 Å². The van der Waals surface area contributed by atoms with Gasteiger partial charge in [0.15, 0.2) is 0 Å². The first-order valence-electron chi connectivity index (χ1n) is 6.82. The molecule has 1 aliphatic heterocycles. The van der Waals surface area contributed by atoms with E-state index in [0.29, 0.717) is 5.92 Å². The standard InChI is InChI=1S/C15H22FNO2/c1-17-10-14(11-5-7-19-8-6-11)13-9-12(16)3-4-15(13)18-2/h3-4,9,11,14,17H,5-8,10H2,1-2H3. The number of likely N-dealkylation sites (N-methyl/N-ethyl adjacent to an activating group) is 1. The number of rotatable bonds is 5. The second-order valence-electron chi connectivity index (χ2n) is 5.00. The maximum Gasteiger partial charge on any atom is 0.123 e. The van der Waals surface area contributed by atoms with Crippen LogP contribution in [-0.4, -0.2) is 33.9 Å². The third-order valence-corrected chi connectivity index (χ3v) is 3.85. The van der Waals surface area contributed by atoms with Crippen LogP contribution in [0.15, 0.2) is 18.2 Å². The van der Waals surface area contributed by atoms with Gasteiger partial charge in [-0.05, 0) is 44.0 Å². The fourth-order valence-corrected chi connectivity index (χ4v) is 2.86. The summed E-state index contributed by atoms with van der Waals surface area (Å²) >= 11 is 0. The van der Waals surface area contributed by atoms with Crippen molar-refractivity contribution in [2.24, 2.45) is 5.92 Å². The highest BCUT2D eigenvalue weighted by molar-refractivity contribution is 5.37. The summed E-state index contributed by atoms with van der Waals surface area (Å²) in [7, 11) is 3.56. The van der Waals surface area contributed by atoms with E-state index in [1.54, 1.807) is 19.2 Å². The molecule has 0 spiro atoms. The molecule has 1 aliphatic rings. The van der Waals surface area contributed by atoms with E-state index in [1.165, 1.54) is 6.07 Å². The van der Waals surface area contributed by atoms with E-state index in [9.17, 15) is 4.39 Å². The minimum absolute atomic E-state index is 0.205. The van der Waals surface area contributed by atoms with E-state index in [-0.39, 0.29) is 11.7 Å². The number of halogens is 1. The molecule has 0 amide bonds. The molecule has 1 unspecified atom stereocenters. The van der Waals surface area contributed by atoms with Gasteiger partial charge in [0.1, 0.15) is 11.6 Å². The van der Waals surface area contributed by atoms with Crippen LogP contribution >= 0.6 is 0 Å². The molecule has 2 rings (SSSR count). The van der Waals surface area contributed by atoms with Crippen molar-refractivity contribution in [3.63, 3.8) is 0 Å². The molecule has 0 saturated carbocycles. The second-order valence-corrected chi connectivity index (χ2v) is 5.00. The molecule has 0 radical (unpaired) electrons. The Morgan fingerprint density at radius 2 is 2.16 bits per heavy atom. The molecule has 0 aliphatic carbocycles. The number of benzene rings is 1. The van der Waals surface area contributed by atoms with Gasteiger partial charge >= 0.3 is 0 Å². The normalized spacial score (nSPS) is 18.3. The Morgan fingerprint density at radius 3 is 2.79 bits per heavy atom. The molecule has 1 aromatic rings. The molecule has 19 heavy (non-hydrogen) atoms. The molecule has 1 fully saturated rings. The summed E-state index contributed by atoms with van der Waals surface area (Å²) in [5, 5.41) is 3.22. The van der Waals surface area contributed by atoms with Crippen LogP contribution in [0.2, 0.25) is 0 Å². The average Bonchev–Trinajstić information content (AvgIpc) is 2.45. The van der Waals surface area contributed by atoms with E-state index < -0.39 is 0 Å². The van der Waals surface area contributed by atoms with Crippen molar-refractivity contribution in [1.29, 1.82) is 0 Å². The van der Waals surface area contributed by atoms with E-state index in [1.807, 2.05) is 7.05 Å². The molecule has 0 bridgehead atoms. The first kappa shape index (κ1) is 14.3. The molecular formula is C15H22FNO2. The quantitative estimate of drug-likeness (QED) is 0.889. The smallest absolute Gasteiger partial charge is 0.123 e. The van der Waals surface area contributed by atoms with Gasteiger partial charge < -0.3 is 14.8 Å². The molecular weight excluding hydrogens is 245 g/mol. The summed E-state index contributed by atoms with van der Waals surface area (Å²) in [6, 6.07) is 4.77. The van der Waals surface area contributed by atoms with Gasteiger partial charge in [0.2, 0.25) is 0 Å². The van der Waals surface area contributed by atoms with Gasteiger partial charge in [0, 0.05) is 31.2 Å². The number of ether oxygens (including phenoxy) is 2. The molecule has 1 N–H and O–H groups in total. The molecule has 106 valence electrons. The third kappa shape index (κ3) is 3.45. The largest absolute Gasteiger partial charge is 0.496 e. The fourth-order valence-electron chi connectivity index (χ4n) is 2.86. The highest BCUT2D eigenvalue weighted by Crippen LogP contribution is 2.36. The lowest BCUT2D eigenvalue weighted by atomic mass is 9.81. The first-order valence-corrected chi connectivity index (χ1v) is 6.82. The van der Waals surface area contributed by atoms with Crippen molar-refractivity contribution in [1.82, 2.24) is 5.32 Å². The molecule has 1 atom stereocenters. The van der Waals surface area contributed by atoms with Crippen molar-refractivity contribution in [2.75, 3.05) is 33.9 Å². The van der Waals surface area contributed by atoms with Crippen LogP contribution in [0.3, 0.4) is 0 Å². The van der Waals surface area contributed by atoms with Crippen LogP contribution in [0.5, 0.6) is 5.75 Å². The SMILES string of the molecule is CNCC(c1cc(F)ccc1OC)C1CCOCC1. The Morgan fingerprint density at radius 1 is 1.42 bits per heavy atom. The lowest BCUT2D eigenvalue weighted by Gasteiger charge is -2.31. The highest BCUT2D eigenvalue weighted by Gasteiger charge is 2.27. The van der Waals surface area contributed by atoms with Gasteiger partial charge in [-0.3, -0.25) is 0 Å². The predicted octanol–water partition coefficient (Wildman–Crippen LogP) is 2.56. The Bertz CT molecular complexity index is 405. The minimum Gasteiger partial charge on any atom is -0.496 e. The maximum atomic E-state index is 13.6. The van der Waals surface area contributed by atoms with Gasteiger partial charge in [-0.2, -0.15) is 0 Å². The van der Waals surface area contributed by atoms with Crippen LogP contribution in [0, 0.1) is 11.7 Å². The van der Waals surface area contributed by atoms with Crippen molar-refractivity contribution >= 4 is 0 Å². The van der Waals surface area contributed by atoms with Gasteiger partial charge in [0.05, 0.1) is 7.11 Å². The maximum absolute atomic E-state index is 13.6. The molecule has 1 heterocycles. The third-order valence-electron chi connectivity index (χ3n) is 3.85. The van der Waals surface area contributed by atoms with Crippen LogP contribution in [0.4, 0.5) is 4.39 Å². The first-order chi connectivity index (χ1) is 9.26. The molecule has 0 aromatic heterocycles. The predicted molar refractivity (Wildman–Crippen MR) is 73.2 cm³/mol. The Labute approximate surface area is 114 Å². The van der Waals surface area contributed by atoms with Crippen molar-refractivity contribution < 1.29 is 13.9 Å². The van der Waals surface area contributed by atoms with Crippen LogP contribution in [-0.2, 0) is 4.74 Å². The minimum atomic E-state index is -0.205. The van der Waals surface area contributed by atoms with Crippen LogP contribution in [0.1, 0.15) is 24.3 Å². The Hall–Kier alpha value is -1.13. The van der Waals surface area contributed by atoms with E-state index in [0.717, 1.165) is 43.9 Å². The molecule has 1 saturated heterocycles. The average molecular weight is 267 g/mol. The van der Waals surface area contributed by atoms with E-state index >= 15 is 0 Å². The van der Waals surface area contributed by atoms with Crippen molar-refractivity contribution in [3.05, 3.63) is 29.6 Å². The summed E-state index contributed by atoms with van der Waals surface area (Å²) in [6.07, 6.45) is 2.04. The molecule has 3 nitrogen and oxygen atoms in total. The van der Waals surface area contributed by atoms with Gasteiger partial charge in [-0.1, -0.05) is 0 Å². The summed E-state index contributed by atoms with van der Waals surface area (Å²) < 4.78 is 24.4. The van der Waals surface area contributed by atoms with Crippen molar-refractivity contribution in [2.45, 2.75) is 18.8 Å². The zero-order valence-electron chi connectivity index (χ0n) is 11.6. The zero-order chi connectivity index (χ0) is 13.7. The summed E-state index contributed by atoms with van der Waals surface area (Å²) in [5.41, 5.74) is 0.962. The van der Waals surface area contributed by atoms with E-state index in [4.69, 9.17) is 9.47 Å². The highest BCUT2D eigenvalue weighted by atomic mass is 19.1. The van der Waals surface area contributed by atoms with E-state index in [2.05, 4.69) is 5.32 Å². The van der Waals surface area contributed by atoms with Gasteiger partial charge in [0.25, 0.3) is 0 Å². The van der Waals surface area contributed by atoms with Crippen LogP contribution in [0.25, 0.3) is 0 Å². The summed E-state index contributed by atoms with van der Waals surface area (Å²) in [4.78, 5) is 0. The number of hydrogen-bond donors (Lipinski definition) is 1. The topological polar surface area (TPSA) is 30.5 Å². The number of hydrogen-bond acceptors (Lipinski definition) is 3. The molecule has 4 heteroatoms. The lowest BCUT2D eigenvalue weighted by Crippen LogP contribution is -2.29. The lowest BCUT2D eigenvalue weighted by molar-refractivity contribution is 0.0576. The Kier molecular flexibility index (Phi) is 5.16. The Balaban J connectivity index is 2.28. The summed E-state index contributed by atoms with van der Waals surface area (Å²) in [6.45, 7) is 2.41. The van der Waals surface area contributed by atoms with Crippen molar-refractivity contribution in [3.8, 4) is 5.75 Å². The monoisotopic (exact) mass is 267 g/mol. The second kappa shape index (κ2) is 6.87. The zero-order valence-corrected chi connectivity index (χ0v) is 11.6. The van der Waals surface area contributed by atoms with Crippen LogP contribution < -0.4 is 10.1 Å². The number of nitrogens with one attached hydrogen (secondary N) is 1. The fraction of sp³-hybridized carbons (Fsp3) is 0.600. The summed E-state index contributed by atoms with van der Waals surface area (Å²) in [5.74, 6) is 1.34.